The van der Waals surface area contributed by atoms with E-state index in [1.165, 1.54) is 11.6 Å². The summed E-state index contributed by atoms with van der Waals surface area (Å²) in [5.41, 5.74) is 5.91. The Morgan fingerprint density at radius 3 is 2.67 bits per heavy atom. The molecular weight excluding hydrogens is 368 g/mol. The number of ketones is 1. The van der Waals surface area contributed by atoms with Crippen LogP contribution in [-0.4, -0.2) is 25.7 Å². The summed E-state index contributed by atoms with van der Waals surface area (Å²) in [6.07, 6.45) is 0. The molecule has 0 aliphatic carbocycles. The highest BCUT2D eigenvalue weighted by atomic mass is 32.2. The monoisotopic (exact) mass is 388 g/mol. The Balaban J connectivity index is 1.90. The number of anilines is 1. The van der Waals surface area contributed by atoms with Crippen LogP contribution in [0.5, 0.6) is 0 Å². The molecule has 0 atom stereocenters. The number of benzene rings is 1. The fourth-order valence-electron chi connectivity index (χ4n) is 2.70. The van der Waals surface area contributed by atoms with Gasteiger partial charge >= 0.3 is 5.69 Å². The van der Waals surface area contributed by atoms with Gasteiger partial charge in [-0.15, -0.1) is 0 Å². The number of carbonyl (C=O) groups is 1. The van der Waals surface area contributed by atoms with Gasteiger partial charge in [-0.05, 0) is 18.1 Å². The molecular formula is C18H20N4O4S. The largest absolute Gasteiger partial charge is 0.431 e. The number of fused-ring (bicyclic) bond motifs is 1. The van der Waals surface area contributed by atoms with Crippen LogP contribution >= 0.6 is 11.8 Å². The molecule has 3 aromatic rings. The van der Waals surface area contributed by atoms with Gasteiger partial charge in [-0.3, -0.25) is 18.7 Å². The molecule has 0 spiro atoms. The lowest BCUT2D eigenvalue weighted by Crippen LogP contribution is -2.43. The van der Waals surface area contributed by atoms with Crippen LogP contribution in [0.2, 0.25) is 0 Å². The average Bonchev–Trinajstić information content (AvgIpc) is 3.05. The lowest BCUT2D eigenvalue weighted by atomic mass is 10.2. The van der Waals surface area contributed by atoms with Gasteiger partial charge in [-0.25, -0.2) is 9.78 Å². The quantitative estimate of drug-likeness (QED) is 0.507. The first-order chi connectivity index (χ1) is 12.8. The molecule has 0 fully saturated rings. The highest BCUT2D eigenvalue weighted by Gasteiger charge is 2.22. The number of thioether (sulfide) groups is 1. The minimum atomic E-state index is -0.694. The third-order valence-corrected chi connectivity index (χ3v) is 4.84. The summed E-state index contributed by atoms with van der Waals surface area (Å²) in [4.78, 5) is 41.7. The zero-order valence-corrected chi connectivity index (χ0v) is 16.1. The first-order valence-corrected chi connectivity index (χ1v) is 9.39. The Labute approximate surface area is 159 Å². The van der Waals surface area contributed by atoms with E-state index in [2.05, 4.69) is 4.98 Å². The number of aromatic nitrogens is 3. The Kier molecular flexibility index (Phi) is 5.22. The molecule has 0 unspecified atom stereocenters. The number of hydrogen-bond donors (Lipinski definition) is 1. The van der Waals surface area contributed by atoms with Crippen LogP contribution in [-0.2, 0) is 13.6 Å². The van der Waals surface area contributed by atoms with Gasteiger partial charge in [0.15, 0.2) is 11.4 Å². The minimum Gasteiger partial charge on any atom is -0.431 e. The van der Waals surface area contributed by atoms with E-state index in [-0.39, 0.29) is 23.1 Å². The molecule has 0 saturated heterocycles. The molecule has 8 nitrogen and oxygen atoms in total. The molecule has 2 N–H and O–H groups in total. The summed E-state index contributed by atoms with van der Waals surface area (Å²) in [6.45, 7) is 4.15. The van der Waals surface area contributed by atoms with Crippen molar-refractivity contribution in [3.63, 3.8) is 0 Å². The van der Waals surface area contributed by atoms with Crippen LogP contribution in [0.3, 0.4) is 0 Å². The van der Waals surface area contributed by atoms with Gasteiger partial charge in [0.05, 0.1) is 5.75 Å². The number of oxazole rings is 1. The number of carbonyl (C=O) groups excluding carboxylic acids is 1. The maximum Gasteiger partial charge on any atom is 0.332 e. The molecule has 27 heavy (non-hydrogen) atoms. The van der Waals surface area contributed by atoms with Crippen LogP contribution in [0.25, 0.3) is 11.1 Å². The topological polar surface area (TPSA) is 113 Å². The van der Waals surface area contributed by atoms with Crippen molar-refractivity contribution >= 4 is 34.5 Å². The van der Waals surface area contributed by atoms with Gasteiger partial charge in [0.25, 0.3) is 10.8 Å². The predicted octanol–water partition coefficient (Wildman–Crippen LogP) is 1.90. The van der Waals surface area contributed by atoms with Crippen molar-refractivity contribution in [2.24, 2.45) is 13.0 Å². The van der Waals surface area contributed by atoms with E-state index < -0.39 is 17.0 Å². The van der Waals surface area contributed by atoms with E-state index in [1.54, 1.807) is 12.1 Å². The normalized spacial score (nSPS) is 11.4. The average molecular weight is 388 g/mol. The van der Waals surface area contributed by atoms with Gasteiger partial charge in [0, 0.05) is 13.6 Å². The molecule has 0 radical (unpaired) electrons. The maximum absolute atomic E-state index is 12.7. The molecule has 3 rings (SSSR count). The number of Topliss-reactive ketones (excluding diaryl/α,β-unsaturated/α-hetero) is 1. The number of rotatable bonds is 6. The Bertz CT molecular complexity index is 1090. The van der Waals surface area contributed by atoms with E-state index in [4.69, 9.17) is 10.2 Å². The molecule has 9 heteroatoms. The minimum absolute atomic E-state index is 0.0772. The van der Waals surface area contributed by atoms with Crippen LogP contribution in [0.4, 0.5) is 5.82 Å². The zero-order valence-electron chi connectivity index (χ0n) is 15.3. The molecule has 0 amide bonds. The lowest BCUT2D eigenvalue weighted by molar-refractivity contribution is 0.102. The van der Waals surface area contributed by atoms with E-state index in [0.29, 0.717) is 22.9 Å². The lowest BCUT2D eigenvalue weighted by Gasteiger charge is -2.15. The summed E-state index contributed by atoms with van der Waals surface area (Å²) < 4.78 is 7.74. The first kappa shape index (κ1) is 19.0. The SMILES string of the molecule is CC(C)Cn1c(N)c(C(=O)CSc2nc3ccccc3o2)c(=O)n(C)c1=O. The molecule has 2 aromatic heterocycles. The molecule has 0 aliphatic heterocycles. The highest BCUT2D eigenvalue weighted by Crippen LogP contribution is 2.24. The van der Waals surface area contributed by atoms with Gasteiger partial charge in [0.1, 0.15) is 16.9 Å². The Hall–Kier alpha value is -2.81. The summed E-state index contributed by atoms with van der Waals surface area (Å²) >= 11 is 1.08. The Morgan fingerprint density at radius 1 is 1.30 bits per heavy atom. The van der Waals surface area contributed by atoms with Gasteiger partial charge in [0.2, 0.25) is 0 Å². The van der Waals surface area contributed by atoms with Crippen LogP contribution < -0.4 is 17.0 Å². The van der Waals surface area contributed by atoms with Crippen molar-refractivity contribution in [2.45, 2.75) is 25.6 Å². The molecule has 2 heterocycles. The van der Waals surface area contributed by atoms with Crippen molar-refractivity contribution < 1.29 is 9.21 Å². The van der Waals surface area contributed by atoms with E-state index in [9.17, 15) is 14.4 Å². The van der Waals surface area contributed by atoms with Crippen molar-refractivity contribution in [1.82, 2.24) is 14.1 Å². The van der Waals surface area contributed by atoms with Gasteiger partial charge < -0.3 is 10.2 Å². The van der Waals surface area contributed by atoms with Gasteiger partial charge in [-0.2, -0.15) is 0 Å². The summed E-state index contributed by atoms with van der Waals surface area (Å²) in [5.74, 6) is -0.524. The van der Waals surface area contributed by atoms with Crippen molar-refractivity contribution in [2.75, 3.05) is 11.5 Å². The van der Waals surface area contributed by atoms with E-state index in [0.717, 1.165) is 16.3 Å². The second-order valence-corrected chi connectivity index (χ2v) is 7.50. The molecule has 1 aromatic carbocycles. The smallest absolute Gasteiger partial charge is 0.332 e. The van der Waals surface area contributed by atoms with Crippen molar-refractivity contribution in [3.8, 4) is 0 Å². The third kappa shape index (κ3) is 3.68. The maximum atomic E-state index is 12.7. The standard InChI is InChI=1S/C18H20N4O4S/c1-10(2)8-22-15(19)14(16(24)21(3)18(22)25)12(23)9-27-17-20-11-6-4-5-7-13(11)26-17/h4-7,10H,8-9,19H2,1-3H3. The molecule has 0 aliphatic rings. The van der Waals surface area contributed by atoms with E-state index >= 15 is 0 Å². The van der Waals surface area contributed by atoms with Crippen LogP contribution in [0.1, 0.15) is 24.2 Å². The third-order valence-electron chi connectivity index (χ3n) is 4.01. The van der Waals surface area contributed by atoms with Crippen molar-refractivity contribution in [3.05, 3.63) is 50.7 Å². The van der Waals surface area contributed by atoms with Crippen LogP contribution in [0.15, 0.2) is 43.5 Å². The fourth-order valence-corrected chi connectivity index (χ4v) is 3.41. The number of nitrogen functional groups attached to an aromatic ring is 1. The number of nitrogens with two attached hydrogens (primary N) is 1. The van der Waals surface area contributed by atoms with Gasteiger partial charge in [-0.1, -0.05) is 37.7 Å². The summed E-state index contributed by atoms with van der Waals surface area (Å²) in [5, 5.41) is 0.329. The number of para-hydroxylation sites is 2. The molecule has 142 valence electrons. The summed E-state index contributed by atoms with van der Waals surface area (Å²) in [6, 6.07) is 7.26. The fraction of sp³-hybridized carbons (Fsp3) is 0.333. The van der Waals surface area contributed by atoms with Crippen molar-refractivity contribution in [1.29, 1.82) is 0 Å². The molecule has 0 bridgehead atoms. The second-order valence-electron chi connectivity index (χ2n) is 6.57. The zero-order chi connectivity index (χ0) is 19.7. The van der Waals surface area contributed by atoms with Crippen LogP contribution in [0, 0.1) is 5.92 Å². The predicted molar refractivity (Wildman–Crippen MR) is 104 cm³/mol. The number of nitrogens with zero attached hydrogens (tertiary/aromatic N) is 3. The highest BCUT2D eigenvalue weighted by molar-refractivity contribution is 7.99. The van der Waals surface area contributed by atoms with E-state index in [1.807, 2.05) is 26.0 Å². The molecule has 0 saturated carbocycles. The first-order valence-electron chi connectivity index (χ1n) is 8.40. The summed E-state index contributed by atoms with van der Waals surface area (Å²) in [7, 11) is 1.34. The number of hydrogen-bond acceptors (Lipinski definition) is 7. The second kappa shape index (κ2) is 7.43. The Morgan fingerprint density at radius 2 is 2.00 bits per heavy atom.